The van der Waals surface area contributed by atoms with Crippen molar-refractivity contribution in [3.05, 3.63) is 0 Å². The van der Waals surface area contributed by atoms with Crippen molar-refractivity contribution in [2.45, 2.75) is 32.7 Å². The van der Waals surface area contributed by atoms with Gasteiger partial charge >= 0.3 is 0 Å². The lowest BCUT2D eigenvalue weighted by Crippen LogP contribution is -2.43. The third kappa shape index (κ3) is 2.48. The number of ether oxygens (including phenoxy) is 1. The van der Waals surface area contributed by atoms with Crippen LogP contribution in [0.5, 0.6) is 0 Å². The number of nitrogens with zero attached hydrogens (tertiary/aromatic N) is 2. The molecule has 1 aliphatic carbocycles. The molecule has 0 atom stereocenters. The first kappa shape index (κ1) is 12.0. The summed E-state index contributed by atoms with van der Waals surface area (Å²) in [7, 11) is 1.61. The highest BCUT2D eigenvalue weighted by molar-refractivity contribution is 5.88. The molecule has 0 saturated heterocycles. The van der Waals surface area contributed by atoms with Crippen LogP contribution in [0.4, 0.5) is 0 Å². The van der Waals surface area contributed by atoms with Gasteiger partial charge in [-0.1, -0.05) is 0 Å². The van der Waals surface area contributed by atoms with Crippen LogP contribution in [0.3, 0.4) is 0 Å². The van der Waals surface area contributed by atoms with Crippen LogP contribution in [0.1, 0.15) is 26.7 Å². The van der Waals surface area contributed by atoms with Gasteiger partial charge in [0.05, 0.1) is 12.7 Å². The van der Waals surface area contributed by atoms with E-state index in [1.807, 2.05) is 13.8 Å². The molecular formula is C11H18N2O2. The van der Waals surface area contributed by atoms with Gasteiger partial charge in [-0.05, 0) is 26.7 Å². The Morgan fingerprint density at radius 3 is 2.53 bits per heavy atom. The summed E-state index contributed by atoms with van der Waals surface area (Å²) in [6, 6.07) is 2.26. The molecule has 0 N–H and O–H groups in total. The Labute approximate surface area is 90.8 Å². The third-order valence-corrected chi connectivity index (χ3v) is 2.79. The SMILES string of the molecule is COCCN(C(=O)C1(C#N)CC1)C(C)C. The molecule has 0 aromatic rings. The zero-order valence-corrected chi connectivity index (χ0v) is 9.62. The van der Waals surface area contributed by atoms with Gasteiger partial charge in [0.25, 0.3) is 0 Å². The summed E-state index contributed by atoms with van der Waals surface area (Å²) in [6.45, 7) is 5.00. The van der Waals surface area contributed by atoms with Crippen molar-refractivity contribution in [1.82, 2.24) is 4.90 Å². The van der Waals surface area contributed by atoms with E-state index in [9.17, 15) is 4.79 Å². The summed E-state index contributed by atoms with van der Waals surface area (Å²) in [4.78, 5) is 13.8. The Morgan fingerprint density at radius 1 is 1.60 bits per heavy atom. The fourth-order valence-electron chi connectivity index (χ4n) is 1.56. The second-order valence-electron chi connectivity index (χ2n) is 4.28. The van der Waals surface area contributed by atoms with Crippen LogP contribution in [0.25, 0.3) is 0 Å². The normalized spacial score (nSPS) is 17.3. The largest absolute Gasteiger partial charge is 0.383 e. The predicted octanol–water partition coefficient (Wildman–Crippen LogP) is 1.17. The predicted molar refractivity (Wildman–Crippen MR) is 56.0 cm³/mol. The fourth-order valence-corrected chi connectivity index (χ4v) is 1.56. The van der Waals surface area contributed by atoms with Crippen molar-refractivity contribution in [3.63, 3.8) is 0 Å². The van der Waals surface area contributed by atoms with Gasteiger partial charge in [0.1, 0.15) is 5.41 Å². The Hall–Kier alpha value is -1.08. The maximum Gasteiger partial charge on any atom is 0.243 e. The monoisotopic (exact) mass is 210 g/mol. The Bertz CT molecular complexity index is 277. The summed E-state index contributed by atoms with van der Waals surface area (Å²) in [5.41, 5.74) is -0.710. The molecule has 1 fully saturated rings. The van der Waals surface area contributed by atoms with Gasteiger partial charge in [-0.3, -0.25) is 4.79 Å². The van der Waals surface area contributed by atoms with E-state index in [1.165, 1.54) is 0 Å². The lowest BCUT2D eigenvalue weighted by molar-refractivity contribution is -0.137. The highest BCUT2D eigenvalue weighted by atomic mass is 16.5. The average Bonchev–Trinajstić information content (AvgIpc) is 2.98. The minimum absolute atomic E-state index is 0.0305. The van der Waals surface area contributed by atoms with E-state index in [4.69, 9.17) is 10.00 Å². The molecule has 1 aliphatic rings. The number of hydrogen-bond acceptors (Lipinski definition) is 3. The molecule has 4 nitrogen and oxygen atoms in total. The van der Waals surface area contributed by atoms with Crippen molar-refractivity contribution in [1.29, 1.82) is 5.26 Å². The van der Waals surface area contributed by atoms with Gasteiger partial charge in [-0.25, -0.2) is 0 Å². The molecular weight excluding hydrogens is 192 g/mol. The molecule has 0 spiro atoms. The third-order valence-electron chi connectivity index (χ3n) is 2.79. The molecule has 0 bridgehead atoms. The van der Waals surface area contributed by atoms with Crippen molar-refractivity contribution in [2.75, 3.05) is 20.3 Å². The zero-order chi connectivity index (χ0) is 11.5. The van der Waals surface area contributed by atoms with Gasteiger partial charge in [-0.15, -0.1) is 0 Å². The van der Waals surface area contributed by atoms with E-state index in [2.05, 4.69) is 6.07 Å². The minimum atomic E-state index is -0.710. The molecule has 15 heavy (non-hydrogen) atoms. The number of amides is 1. The molecule has 1 amide bonds. The van der Waals surface area contributed by atoms with Crippen molar-refractivity contribution in [2.24, 2.45) is 5.41 Å². The van der Waals surface area contributed by atoms with Crippen LogP contribution >= 0.6 is 0 Å². The first-order valence-corrected chi connectivity index (χ1v) is 5.28. The van der Waals surface area contributed by atoms with Crippen LogP contribution in [-0.4, -0.2) is 37.1 Å². The minimum Gasteiger partial charge on any atom is -0.383 e. The molecule has 1 rings (SSSR count). The molecule has 0 radical (unpaired) electrons. The van der Waals surface area contributed by atoms with Gasteiger partial charge in [0.15, 0.2) is 0 Å². The number of methoxy groups -OCH3 is 1. The summed E-state index contributed by atoms with van der Waals surface area (Å²) in [5, 5.41) is 8.95. The maximum absolute atomic E-state index is 12.1. The summed E-state index contributed by atoms with van der Waals surface area (Å²) >= 11 is 0. The maximum atomic E-state index is 12.1. The van der Waals surface area contributed by atoms with Crippen molar-refractivity contribution >= 4 is 5.91 Å². The molecule has 1 saturated carbocycles. The van der Waals surface area contributed by atoms with Gasteiger partial charge in [0, 0.05) is 19.7 Å². The van der Waals surface area contributed by atoms with E-state index in [0.717, 1.165) is 0 Å². The lowest BCUT2D eigenvalue weighted by Gasteiger charge is -2.28. The number of carbonyl (C=O) groups excluding carboxylic acids is 1. The summed E-state index contributed by atoms with van der Waals surface area (Å²) < 4.78 is 4.96. The second-order valence-corrected chi connectivity index (χ2v) is 4.28. The second kappa shape index (κ2) is 4.63. The van der Waals surface area contributed by atoms with E-state index in [1.54, 1.807) is 12.0 Å². The highest BCUT2D eigenvalue weighted by Gasteiger charge is 2.52. The molecule has 0 heterocycles. The van der Waals surface area contributed by atoms with Crippen LogP contribution < -0.4 is 0 Å². The van der Waals surface area contributed by atoms with E-state index < -0.39 is 5.41 Å². The molecule has 84 valence electrons. The molecule has 0 aromatic heterocycles. The Morgan fingerprint density at radius 2 is 2.20 bits per heavy atom. The molecule has 0 unspecified atom stereocenters. The average molecular weight is 210 g/mol. The van der Waals surface area contributed by atoms with Gasteiger partial charge in [-0.2, -0.15) is 5.26 Å². The lowest BCUT2D eigenvalue weighted by atomic mass is 10.1. The summed E-state index contributed by atoms with van der Waals surface area (Å²) in [6.07, 6.45) is 1.41. The molecule has 0 aromatic carbocycles. The van der Waals surface area contributed by atoms with E-state index >= 15 is 0 Å². The highest BCUT2D eigenvalue weighted by Crippen LogP contribution is 2.46. The van der Waals surface area contributed by atoms with Crippen LogP contribution in [0, 0.1) is 16.7 Å². The topological polar surface area (TPSA) is 53.3 Å². The number of nitriles is 1. The first-order valence-electron chi connectivity index (χ1n) is 5.28. The number of hydrogen-bond donors (Lipinski definition) is 0. The molecule has 4 heteroatoms. The van der Waals surface area contributed by atoms with Crippen LogP contribution in [-0.2, 0) is 9.53 Å². The molecule has 0 aliphatic heterocycles. The van der Waals surface area contributed by atoms with E-state index in [-0.39, 0.29) is 11.9 Å². The Balaban J connectivity index is 2.64. The van der Waals surface area contributed by atoms with Crippen molar-refractivity contribution in [3.8, 4) is 6.07 Å². The number of carbonyl (C=O) groups is 1. The van der Waals surface area contributed by atoms with Gasteiger partial charge in [0.2, 0.25) is 5.91 Å². The quantitative estimate of drug-likeness (QED) is 0.684. The Kier molecular flexibility index (Phi) is 3.70. The standard InChI is InChI=1S/C11H18N2O2/c1-9(2)13(6-7-15-3)10(14)11(8-12)4-5-11/h9H,4-7H2,1-3H3. The summed E-state index contributed by atoms with van der Waals surface area (Å²) in [5.74, 6) is -0.0305. The smallest absolute Gasteiger partial charge is 0.243 e. The van der Waals surface area contributed by atoms with Crippen molar-refractivity contribution < 1.29 is 9.53 Å². The number of rotatable bonds is 5. The van der Waals surface area contributed by atoms with E-state index in [0.29, 0.717) is 26.0 Å². The van der Waals surface area contributed by atoms with Gasteiger partial charge < -0.3 is 9.64 Å². The fraction of sp³-hybridized carbons (Fsp3) is 0.818. The zero-order valence-electron chi connectivity index (χ0n) is 9.62. The van der Waals surface area contributed by atoms with Crippen LogP contribution in [0.2, 0.25) is 0 Å². The first-order chi connectivity index (χ1) is 7.07. The van der Waals surface area contributed by atoms with Crippen LogP contribution in [0.15, 0.2) is 0 Å².